The number of ether oxygens (including phenoxy) is 1. The third-order valence-corrected chi connectivity index (χ3v) is 4.55. The summed E-state index contributed by atoms with van der Waals surface area (Å²) in [7, 11) is 5.93. The van der Waals surface area contributed by atoms with E-state index in [0.717, 1.165) is 26.2 Å². The Bertz CT molecular complexity index is 538. The van der Waals surface area contributed by atoms with Crippen molar-refractivity contribution in [3.63, 3.8) is 0 Å². The van der Waals surface area contributed by atoms with Crippen molar-refractivity contribution < 1.29 is 9.53 Å². The lowest BCUT2D eigenvalue weighted by atomic mass is 10.1. The topological polar surface area (TPSA) is 56.8 Å². The summed E-state index contributed by atoms with van der Waals surface area (Å²) in [5.74, 6) is 0.673. The van der Waals surface area contributed by atoms with Gasteiger partial charge in [-0.15, -0.1) is 0 Å². The summed E-state index contributed by atoms with van der Waals surface area (Å²) in [6.45, 7) is 6.21. The monoisotopic (exact) mass is 334 g/mol. The van der Waals surface area contributed by atoms with E-state index in [-0.39, 0.29) is 11.9 Å². The van der Waals surface area contributed by atoms with Gasteiger partial charge in [0.25, 0.3) is 0 Å². The highest BCUT2D eigenvalue weighted by Gasteiger charge is 2.22. The molecule has 1 saturated heterocycles. The number of likely N-dealkylation sites (N-methyl/N-ethyl adjacent to an activating group) is 2. The van der Waals surface area contributed by atoms with Gasteiger partial charge in [-0.25, -0.2) is 0 Å². The predicted octanol–water partition coefficient (Wildman–Crippen LogP) is 1.25. The number of nitrogens with zero attached hydrogens (tertiary/aromatic N) is 2. The van der Waals surface area contributed by atoms with Crippen LogP contribution in [0.3, 0.4) is 0 Å². The normalized spacial score (nSPS) is 20.6. The molecule has 0 radical (unpaired) electrons. The zero-order valence-electron chi connectivity index (χ0n) is 15.2. The maximum Gasteiger partial charge on any atom is 0.226 e. The van der Waals surface area contributed by atoms with Crippen molar-refractivity contribution in [2.45, 2.75) is 25.4 Å². The smallest absolute Gasteiger partial charge is 0.226 e. The molecule has 0 aliphatic carbocycles. The summed E-state index contributed by atoms with van der Waals surface area (Å²) >= 11 is 0. The van der Waals surface area contributed by atoms with Crippen molar-refractivity contribution in [1.82, 2.24) is 15.1 Å². The quantitative estimate of drug-likeness (QED) is 0.786. The number of benzene rings is 1. The minimum atomic E-state index is -0.00591. The molecule has 1 aromatic carbocycles. The van der Waals surface area contributed by atoms with Crippen LogP contribution in [0.1, 0.15) is 13.3 Å². The van der Waals surface area contributed by atoms with Gasteiger partial charge in [0.05, 0.1) is 12.8 Å². The molecular weight excluding hydrogens is 304 g/mol. The molecule has 0 aromatic heterocycles. The van der Waals surface area contributed by atoms with E-state index in [4.69, 9.17) is 4.74 Å². The molecule has 24 heavy (non-hydrogen) atoms. The predicted molar refractivity (Wildman–Crippen MR) is 97.6 cm³/mol. The van der Waals surface area contributed by atoms with E-state index in [1.165, 1.54) is 0 Å². The van der Waals surface area contributed by atoms with Gasteiger partial charge >= 0.3 is 0 Å². The molecule has 2 N–H and O–H groups in total. The van der Waals surface area contributed by atoms with Gasteiger partial charge in [-0.05, 0) is 33.2 Å². The number of amides is 1. The molecule has 1 aliphatic rings. The SMILES string of the molecule is COc1ccccc1NC(=O)CC(C)NCC1CN(C)CCN1C. The van der Waals surface area contributed by atoms with Gasteiger partial charge in [0.15, 0.2) is 0 Å². The molecule has 6 nitrogen and oxygen atoms in total. The standard InChI is InChI=1S/C18H30N4O2/c1-14(19-12-15-13-21(2)9-10-22(15)3)11-18(23)20-16-7-5-6-8-17(16)24-4/h5-8,14-15,19H,9-13H2,1-4H3,(H,20,23). The van der Waals surface area contributed by atoms with E-state index in [1.807, 2.05) is 31.2 Å². The fraction of sp³-hybridized carbons (Fsp3) is 0.611. The number of hydrogen-bond acceptors (Lipinski definition) is 5. The van der Waals surface area contributed by atoms with Crippen molar-refractivity contribution in [2.75, 3.05) is 52.7 Å². The van der Waals surface area contributed by atoms with Crippen LogP contribution >= 0.6 is 0 Å². The Morgan fingerprint density at radius 3 is 2.83 bits per heavy atom. The minimum absolute atomic E-state index is 0.00591. The van der Waals surface area contributed by atoms with Crippen LogP contribution in [0.4, 0.5) is 5.69 Å². The van der Waals surface area contributed by atoms with Crippen LogP contribution < -0.4 is 15.4 Å². The van der Waals surface area contributed by atoms with Crippen molar-refractivity contribution in [3.05, 3.63) is 24.3 Å². The van der Waals surface area contributed by atoms with E-state index in [1.54, 1.807) is 7.11 Å². The van der Waals surface area contributed by atoms with Crippen LogP contribution in [-0.2, 0) is 4.79 Å². The Kier molecular flexibility index (Phi) is 7.02. The highest BCUT2D eigenvalue weighted by atomic mass is 16.5. The molecule has 1 heterocycles. The maximum absolute atomic E-state index is 12.2. The van der Waals surface area contributed by atoms with Crippen LogP contribution in [0.15, 0.2) is 24.3 Å². The van der Waals surface area contributed by atoms with E-state index in [9.17, 15) is 4.79 Å². The average Bonchev–Trinajstić information content (AvgIpc) is 2.56. The van der Waals surface area contributed by atoms with Crippen LogP contribution in [0, 0.1) is 0 Å². The molecule has 0 bridgehead atoms. The molecule has 0 saturated carbocycles. The summed E-state index contributed by atoms with van der Waals surface area (Å²) < 4.78 is 5.26. The summed E-state index contributed by atoms with van der Waals surface area (Å²) in [6.07, 6.45) is 0.435. The molecule has 6 heteroatoms. The van der Waals surface area contributed by atoms with Gasteiger partial charge in [-0.1, -0.05) is 12.1 Å². The van der Waals surface area contributed by atoms with Crippen LogP contribution in [0.5, 0.6) is 5.75 Å². The second kappa shape index (κ2) is 9.01. The molecule has 1 aliphatic heterocycles. The van der Waals surface area contributed by atoms with Crippen molar-refractivity contribution >= 4 is 11.6 Å². The summed E-state index contributed by atoms with van der Waals surface area (Å²) in [5, 5.41) is 6.41. The highest BCUT2D eigenvalue weighted by Crippen LogP contribution is 2.23. The zero-order chi connectivity index (χ0) is 17.5. The highest BCUT2D eigenvalue weighted by molar-refractivity contribution is 5.92. The van der Waals surface area contributed by atoms with Crippen LogP contribution in [-0.4, -0.2) is 75.2 Å². The van der Waals surface area contributed by atoms with E-state index in [2.05, 4.69) is 34.5 Å². The third kappa shape index (κ3) is 5.47. The number of carbonyl (C=O) groups excluding carboxylic acids is 1. The van der Waals surface area contributed by atoms with Crippen LogP contribution in [0.25, 0.3) is 0 Å². The van der Waals surface area contributed by atoms with Gasteiger partial charge in [0, 0.05) is 44.7 Å². The Labute approximate surface area is 145 Å². The number of carbonyl (C=O) groups is 1. The molecule has 2 unspecified atom stereocenters. The Morgan fingerprint density at radius 2 is 2.08 bits per heavy atom. The first kappa shape index (κ1) is 18.7. The molecule has 2 atom stereocenters. The summed E-state index contributed by atoms with van der Waals surface area (Å²) in [5.41, 5.74) is 0.714. The molecule has 1 fully saturated rings. The molecule has 134 valence electrons. The fourth-order valence-corrected chi connectivity index (χ4v) is 2.96. The lowest BCUT2D eigenvalue weighted by molar-refractivity contribution is -0.116. The number of para-hydroxylation sites is 2. The first-order valence-electron chi connectivity index (χ1n) is 8.54. The van der Waals surface area contributed by atoms with E-state index in [0.29, 0.717) is 23.9 Å². The molecule has 2 rings (SSSR count). The molecular formula is C18H30N4O2. The van der Waals surface area contributed by atoms with Crippen molar-refractivity contribution in [1.29, 1.82) is 0 Å². The fourth-order valence-electron chi connectivity index (χ4n) is 2.96. The van der Waals surface area contributed by atoms with Gasteiger partial charge < -0.3 is 20.3 Å². The zero-order valence-corrected chi connectivity index (χ0v) is 15.2. The molecule has 1 amide bonds. The molecule has 1 aromatic rings. The Balaban J connectivity index is 1.77. The Hall–Kier alpha value is -1.63. The van der Waals surface area contributed by atoms with Gasteiger partial charge in [0.1, 0.15) is 5.75 Å². The van der Waals surface area contributed by atoms with Gasteiger partial charge in [-0.3, -0.25) is 9.69 Å². The Morgan fingerprint density at radius 1 is 1.33 bits per heavy atom. The second-order valence-corrected chi connectivity index (χ2v) is 6.66. The maximum atomic E-state index is 12.2. The van der Waals surface area contributed by atoms with Gasteiger partial charge in [0.2, 0.25) is 5.91 Å². The first-order valence-corrected chi connectivity index (χ1v) is 8.54. The largest absolute Gasteiger partial charge is 0.495 e. The number of methoxy groups -OCH3 is 1. The lowest BCUT2D eigenvalue weighted by Crippen LogP contribution is -2.54. The lowest BCUT2D eigenvalue weighted by Gasteiger charge is -2.38. The van der Waals surface area contributed by atoms with Crippen LogP contribution in [0.2, 0.25) is 0 Å². The number of nitrogens with one attached hydrogen (secondary N) is 2. The number of anilines is 1. The summed E-state index contributed by atoms with van der Waals surface area (Å²) in [4.78, 5) is 17.0. The number of hydrogen-bond donors (Lipinski definition) is 2. The van der Waals surface area contributed by atoms with E-state index < -0.39 is 0 Å². The van der Waals surface area contributed by atoms with Crippen molar-refractivity contribution in [2.24, 2.45) is 0 Å². The number of piperazine rings is 1. The minimum Gasteiger partial charge on any atom is -0.495 e. The summed E-state index contributed by atoms with van der Waals surface area (Å²) in [6, 6.07) is 8.07. The second-order valence-electron chi connectivity index (χ2n) is 6.66. The van der Waals surface area contributed by atoms with Crippen molar-refractivity contribution in [3.8, 4) is 5.75 Å². The average molecular weight is 334 g/mol. The first-order chi connectivity index (χ1) is 11.5. The third-order valence-electron chi connectivity index (χ3n) is 4.55. The molecule has 0 spiro atoms. The van der Waals surface area contributed by atoms with Gasteiger partial charge in [-0.2, -0.15) is 0 Å². The number of rotatable bonds is 7. The van der Waals surface area contributed by atoms with E-state index >= 15 is 0 Å².